The van der Waals surface area contributed by atoms with Crippen molar-refractivity contribution in [1.82, 2.24) is 15.1 Å². The van der Waals surface area contributed by atoms with Gasteiger partial charge in [-0.1, -0.05) is 0 Å². The molecule has 1 aromatic carbocycles. The predicted octanol–water partition coefficient (Wildman–Crippen LogP) is 1.79. The molecule has 0 bridgehead atoms. The highest BCUT2D eigenvalue weighted by atomic mass is 19.1. The molecule has 118 valence electrons. The highest BCUT2D eigenvalue weighted by molar-refractivity contribution is 5.94. The number of nitrogens with one attached hydrogen (secondary N) is 1. The summed E-state index contributed by atoms with van der Waals surface area (Å²) in [7, 11) is 3.07. The third kappa shape index (κ3) is 3.82. The van der Waals surface area contributed by atoms with E-state index in [2.05, 4.69) is 10.4 Å². The van der Waals surface area contributed by atoms with Crippen molar-refractivity contribution in [2.45, 2.75) is 6.42 Å². The SMILES string of the molecule is COCCCNC(=O)c1nn(-c2ccc(F)cc2)cc1OC. The van der Waals surface area contributed by atoms with E-state index in [4.69, 9.17) is 9.47 Å². The van der Waals surface area contributed by atoms with Gasteiger partial charge in [0.1, 0.15) is 5.82 Å². The first-order valence-electron chi connectivity index (χ1n) is 6.82. The third-order valence-corrected chi connectivity index (χ3v) is 3.02. The Labute approximate surface area is 127 Å². The number of ether oxygens (including phenoxy) is 2. The van der Waals surface area contributed by atoms with Gasteiger partial charge in [-0.15, -0.1) is 0 Å². The Morgan fingerprint density at radius 2 is 2.05 bits per heavy atom. The lowest BCUT2D eigenvalue weighted by molar-refractivity contribution is 0.0940. The minimum absolute atomic E-state index is 0.184. The lowest BCUT2D eigenvalue weighted by Crippen LogP contribution is -2.26. The molecular weight excluding hydrogens is 289 g/mol. The molecule has 0 fully saturated rings. The van der Waals surface area contributed by atoms with Crippen LogP contribution in [0.25, 0.3) is 5.69 Å². The molecule has 2 rings (SSSR count). The number of halogens is 1. The number of nitrogens with zero attached hydrogens (tertiary/aromatic N) is 2. The van der Waals surface area contributed by atoms with Crippen LogP contribution in [0.3, 0.4) is 0 Å². The summed E-state index contributed by atoms with van der Waals surface area (Å²) in [6.07, 6.45) is 2.29. The lowest BCUT2D eigenvalue weighted by Gasteiger charge is -2.03. The molecule has 6 nitrogen and oxygen atoms in total. The van der Waals surface area contributed by atoms with Gasteiger partial charge < -0.3 is 14.8 Å². The van der Waals surface area contributed by atoms with Gasteiger partial charge in [0.15, 0.2) is 11.4 Å². The molecule has 2 aromatic rings. The van der Waals surface area contributed by atoms with Gasteiger partial charge in [-0.2, -0.15) is 5.10 Å². The minimum atomic E-state index is -0.334. The van der Waals surface area contributed by atoms with E-state index >= 15 is 0 Å². The second-order valence-corrected chi connectivity index (χ2v) is 4.57. The molecule has 0 aliphatic heterocycles. The van der Waals surface area contributed by atoms with Gasteiger partial charge in [0.25, 0.3) is 5.91 Å². The van der Waals surface area contributed by atoms with Crippen LogP contribution in [0.1, 0.15) is 16.9 Å². The predicted molar refractivity (Wildman–Crippen MR) is 78.9 cm³/mol. The molecule has 1 heterocycles. The summed E-state index contributed by atoms with van der Waals surface area (Å²) in [6.45, 7) is 1.06. The molecule has 0 saturated heterocycles. The number of aromatic nitrogens is 2. The molecule has 7 heteroatoms. The Kier molecular flexibility index (Phi) is 5.48. The van der Waals surface area contributed by atoms with Gasteiger partial charge in [-0.3, -0.25) is 4.79 Å². The molecule has 1 aromatic heterocycles. The summed E-state index contributed by atoms with van der Waals surface area (Å²) in [6, 6.07) is 5.80. The van der Waals surface area contributed by atoms with Crippen LogP contribution in [0, 0.1) is 5.82 Å². The van der Waals surface area contributed by atoms with Crippen molar-refractivity contribution in [3.8, 4) is 11.4 Å². The minimum Gasteiger partial charge on any atom is -0.493 e. The Bertz CT molecular complexity index is 625. The van der Waals surface area contributed by atoms with E-state index in [0.717, 1.165) is 0 Å². The Morgan fingerprint density at radius 3 is 2.68 bits per heavy atom. The van der Waals surface area contributed by atoms with Crippen molar-refractivity contribution in [3.63, 3.8) is 0 Å². The number of carbonyl (C=O) groups is 1. The average Bonchev–Trinajstić information content (AvgIpc) is 2.96. The number of hydrogen-bond acceptors (Lipinski definition) is 4. The zero-order valence-corrected chi connectivity index (χ0v) is 12.5. The highest BCUT2D eigenvalue weighted by Crippen LogP contribution is 2.19. The fourth-order valence-electron chi connectivity index (χ4n) is 1.89. The molecular formula is C15H18FN3O3. The molecule has 0 aliphatic rings. The monoisotopic (exact) mass is 307 g/mol. The largest absolute Gasteiger partial charge is 0.493 e. The van der Waals surface area contributed by atoms with E-state index in [9.17, 15) is 9.18 Å². The van der Waals surface area contributed by atoms with Crippen LogP contribution in [0.5, 0.6) is 5.75 Å². The maximum Gasteiger partial charge on any atom is 0.275 e. The van der Waals surface area contributed by atoms with E-state index in [1.165, 1.54) is 23.9 Å². The smallest absolute Gasteiger partial charge is 0.275 e. The maximum absolute atomic E-state index is 13.0. The van der Waals surface area contributed by atoms with Crippen LogP contribution < -0.4 is 10.1 Å². The van der Waals surface area contributed by atoms with Gasteiger partial charge in [-0.25, -0.2) is 9.07 Å². The molecule has 0 unspecified atom stereocenters. The summed E-state index contributed by atoms with van der Waals surface area (Å²) in [5.41, 5.74) is 0.822. The molecule has 1 N–H and O–H groups in total. The van der Waals surface area contributed by atoms with Crippen molar-refractivity contribution in [2.24, 2.45) is 0 Å². The summed E-state index contributed by atoms with van der Waals surface area (Å²) in [5.74, 6) is -0.304. The first-order chi connectivity index (χ1) is 10.7. The second kappa shape index (κ2) is 7.56. The van der Waals surface area contributed by atoms with Crippen LogP contribution in [-0.2, 0) is 4.74 Å². The summed E-state index contributed by atoms with van der Waals surface area (Å²) >= 11 is 0. The number of hydrogen-bond donors (Lipinski definition) is 1. The summed E-state index contributed by atoms with van der Waals surface area (Å²) in [4.78, 5) is 12.1. The van der Waals surface area contributed by atoms with Gasteiger partial charge in [0.2, 0.25) is 0 Å². The zero-order chi connectivity index (χ0) is 15.9. The van der Waals surface area contributed by atoms with Crippen LogP contribution >= 0.6 is 0 Å². The second-order valence-electron chi connectivity index (χ2n) is 4.57. The van der Waals surface area contributed by atoms with Crippen LogP contribution in [0.15, 0.2) is 30.5 Å². The Morgan fingerprint density at radius 1 is 1.32 bits per heavy atom. The quantitative estimate of drug-likeness (QED) is 0.792. The van der Waals surface area contributed by atoms with Crippen LogP contribution in [0.4, 0.5) is 4.39 Å². The molecule has 0 atom stereocenters. The maximum atomic E-state index is 13.0. The fourth-order valence-corrected chi connectivity index (χ4v) is 1.89. The van der Waals surface area contributed by atoms with Crippen molar-refractivity contribution in [3.05, 3.63) is 42.0 Å². The summed E-state index contributed by atoms with van der Waals surface area (Å²) < 4.78 is 24.5. The number of benzene rings is 1. The molecule has 22 heavy (non-hydrogen) atoms. The zero-order valence-electron chi connectivity index (χ0n) is 12.5. The van der Waals surface area contributed by atoms with E-state index in [1.54, 1.807) is 25.4 Å². The van der Waals surface area contributed by atoms with Crippen molar-refractivity contribution in [1.29, 1.82) is 0 Å². The molecule has 0 aliphatic carbocycles. The van der Waals surface area contributed by atoms with Crippen molar-refractivity contribution < 1.29 is 18.7 Å². The Balaban J connectivity index is 2.14. The van der Waals surface area contributed by atoms with E-state index in [1.807, 2.05) is 0 Å². The van der Waals surface area contributed by atoms with Gasteiger partial charge in [0.05, 0.1) is 19.0 Å². The first kappa shape index (κ1) is 16.0. The van der Waals surface area contributed by atoms with Crippen molar-refractivity contribution >= 4 is 5.91 Å². The fraction of sp³-hybridized carbons (Fsp3) is 0.333. The van der Waals surface area contributed by atoms with Crippen LogP contribution in [0.2, 0.25) is 0 Å². The Hall–Kier alpha value is -2.41. The number of amides is 1. The van der Waals surface area contributed by atoms with E-state index in [0.29, 0.717) is 31.0 Å². The first-order valence-corrected chi connectivity index (χ1v) is 6.82. The standard InChI is InChI=1S/C15H18FN3O3/c1-21-9-3-8-17-15(20)14-13(22-2)10-19(18-14)12-6-4-11(16)5-7-12/h4-7,10H,3,8-9H2,1-2H3,(H,17,20). The lowest BCUT2D eigenvalue weighted by atomic mass is 10.3. The summed E-state index contributed by atoms with van der Waals surface area (Å²) in [5, 5.41) is 6.95. The van der Waals surface area contributed by atoms with Gasteiger partial charge in [0, 0.05) is 20.3 Å². The number of rotatable bonds is 7. The van der Waals surface area contributed by atoms with E-state index < -0.39 is 0 Å². The number of carbonyl (C=O) groups excluding carboxylic acids is 1. The molecule has 1 amide bonds. The highest BCUT2D eigenvalue weighted by Gasteiger charge is 2.17. The topological polar surface area (TPSA) is 65.4 Å². The third-order valence-electron chi connectivity index (χ3n) is 3.02. The van der Waals surface area contributed by atoms with Crippen molar-refractivity contribution in [2.75, 3.05) is 27.4 Å². The average molecular weight is 307 g/mol. The van der Waals surface area contributed by atoms with Crippen LogP contribution in [-0.4, -0.2) is 43.1 Å². The number of methoxy groups -OCH3 is 2. The molecule has 0 saturated carbocycles. The van der Waals surface area contributed by atoms with Gasteiger partial charge in [-0.05, 0) is 30.7 Å². The normalized spacial score (nSPS) is 10.5. The van der Waals surface area contributed by atoms with Gasteiger partial charge >= 0.3 is 0 Å². The van der Waals surface area contributed by atoms with E-state index in [-0.39, 0.29) is 17.4 Å². The molecule has 0 spiro atoms. The molecule has 0 radical (unpaired) electrons.